The Hall–Kier alpha value is -3.77. The number of ether oxygens (including phenoxy) is 2. The molecule has 33 heavy (non-hydrogen) atoms. The van der Waals surface area contributed by atoms with E-state index in [1.54, 1.807) is 32.4 Å². The van der Waals surface area contributed by atoms with E-state index >= 15 is 0 Å². The predicted molar refractivity (Wildman–Crippen MR) is 131 cm³/mol. The number of hydrogen-bond donors (Lipinski definition) is 1. The summed E-state index contributed by atoms with van der Waals surface area (Å²) in [6.45, 7) is 0.834. The molecule has 0 saturated heterocycles. The summed E-state index contributed by atoms with van der Waals surface area (Å²) in [4.78, 5) is 19.9. The standard InChI is InChI=1S/C26H22ClN3O3/c1-32-21-9-5-17-13-18-11-12-30(25(18)28-22(17)15-21)20-7-3-16(4-8-20)26(31)29-23-14-19(27)6-10-24(23)33-2/h3-10,13-15H,11-12H2,1-2H3,(H,29,31). The summed E-state index contributed by atoms with van der Waals surface area (Å²) in [6.07, 6.45) is 0.918. The third kappa shape index (κ3) is 4.05. The van der Waals surface area contributed by atoms with E-state index in [0.717, 1.165) is 41.1 Å². The second-order valence-electron chi connectivity index (χ2n) is 7.78. The fraction of sp³-hybridized carbons (Fsp3) is 0.154. The van der Waals surface area contributed by atoms with Crippen molar-refractivity contribution >= 4 is 45.6 Å². The van der Waals surface area contributed by atoms with E-state index in [1.807, 2.05) is 42.5 Å². The second-order valence-corrected chi connectivity index (χ2v) is 8.21. The molecule has 0 saturated carbocycles. The second kappa shape index (κ2) is 8.64. The molecule has 1 aromatic heterocycles. The molecule has 1 aliphatic rings. The van der Waals surface area contributed by atoms with Crippen LogP contribution in [0, 0.1) is 0 Å². The number of fused-ring (bicyclic) bond motifs is 2. The van der Waals surface area contributed by atoms with Gasteiger partial charge in [-0.15, -0.1) is 0 Å². The molecule has 6 nitrogen and oxygen atoms in total. The maximum Gasteiger partial charge on any atom is 0.255 e. The fourth-order valence-electron chi connectivity index (χ4n) is 4.08. The summed E-state index contributed by atoms with van der Waals surface area (Å²) in [5, 5.41) is 4.49. The van der Waals surface area contributed by atoms with E-state index in [9.17, 15) is 4.79 Å². The van der Waals surface area contributed by atoms with E-state index in [2.05, 4.69) is 16.3 Å². The Balaban J connectivity index is 1.39. The average Bonchev–Trinajstić information content (AvgIpc) is 3.25. The number of anilines is 3. The van der Waals surface area contributed by atoms with Gasteiger partial charge < -0.3 is 19.7 Å². The highest BCUT2D eigenvalue weighted by molar-refractivity contribution is 6.31. The molecule has 1 N–H and O–H groups in total. The summed E-state index contributed by atoms with van der Waals surface area (Å²) in [5.41, 5.74) is 4.16. The molecule has 0 fully saturated rings. The Bertz CT molecular complexity index is 1360. The number of hydrogen-bond acceptors (Lipinski definition) is 5. The molecule has 0 aliphatic carbocycles. The van der Waals surface area contributed by atoms with Crippen LogP contribution in [0.5, 0.6) is 11.5 Å². The third-order valence-corrected chi connectivity index (χ3v) is 6.03. The van der Waals surface area contributed by atoms with Crippen LogP contribution in [-0.4, -0.2) is 31.7 Å². The number of benzene rings is 3. The van der Waals surface area contributed by atoms with Crippen molar-refractivity contribution in [1.82, 2.24) is 4.98 Å². The Morgan fingerprint density at radius 3 is 2.58 bits per heavy atom. The van der Waals surface area contributed by atoms with Crippen molar-refractivity contribution in [3.63, 3.8) is 0 Å². The lowest BCUT2D eigenvalue weighted by Crippen LogP contribution is -2.16. The molecule has 1 amide bonds. The molecule has 1 aliphatic heterocycles. The molecular weight excluding hydrogens is 438 g/mol. The summed E-state index contributed by atoms with van der Waals surface area (Å²) in [7, 11) is 3.20. The molecule has 0 bridgehead atoms. The number of carbonyl (C=O) groups excluding carboxylic acids is 1. The molecule has 0 radical (unpaired) electrons. The normalized spacial score (nSPS) is 12.5. The smallest absolute Gasteiger partial charge is 0.255 e. The number of nitrogens with one attached hydrogen (secondary N) is 1. The van der Waals surface area contributed by atoms with Crippen molar-refractivity contribution in [1.29, 1.82) is 0 Å². The molecule has 166 valence electrons. The Morgan fingerprint density at radius 2 is 1.82 bits per heavy atom. The van der Waals surface area contributed by atoms with Gasteiger partial charge in [-0.1, -0.05) is 11.6 Å². The maximum absolute atomic E-state index is 12.8. The summed E-state index contributed by atoms with van der Waals surface area (Å²) in [6, 6.07) is 20.7. The summed E-state index contributed by atoms with van der Waals surface area (Å²) >= 11 is 6.07. The molecule has 5 rings (SSSR count). The van der Waals surface area contributed by atoms with Gasteiger partial charge in [-0.25, -0.2) is 4.98 Å². The Kier molecular flexibility index (Phi) is 5.52. The van der Waals surface area contributed by atoms with Gasteiger partial charge >= 0.3 is 0 Å². The molecular formula is C26H22ClN3O3. The fourth-order valence-corrected chi connectivity index (χ4v) is 4.25. The van der Waals surface area contributed by atoms with Crippen LogP contribution in [0.2, 0.25) is 5.02 Å². The molecule has 3 aromatic carbocycles. The largest absolute Gasteiger partial charge is 0.497 e. The number of amides is 1. The lowest BCUT2D eigenvalue weighted by molar-refractivity contribution is 0.102. The Labute approximate surface area is 196 Å². The van der Waals surface area contributed by atoms with Crippen LogP contribution in [0.1, 0.15) is 15.9 Å². The first-order valence-corrected chi connectivity index (χ1v) is 10.9. The number of nitrogens with zero attached hydrogens (tertiary/aromatic N) is 2. The van der Waals surface area contributed by atoms with Crippen LogP contribution in [0.4, 0.5) is 17.2 Å². The van der Waals surface area contributed by atoms with E-state index in [0.29, 0.717) is 22.0 Å². The van der Waals surface area contributed by atoms with Crippen molar-refractivity contribution in [2.45, 2.75) is 6.42 Å². The predicted octanol–water partition coefficient (Wildman–Crippen LogP) is 5.85. The number of halogens is 1. The molecule has 0 atom stereocenters. The average molecular weight is 460 g/mol. The summed E-state index contributed by atoms with van der Waals surface area (Å²) < 4.78 is 10.7. The zero-order valence-corrected chi connectivity index (χ0v) is 19.0. The van der Waals surface area contributed by atoms with Gasteiger partial charge in [0.1, 0.15) is 17.3 Å². The molecule has 7 heteroatoms. The van der Waals surface area contributed by atoms with Crippen molar-refractivity contribution in [2.24, 2.45) is 0 Å². The zero-order valence-electron chi connectivity index (χ0n) is 18.3. The molecule has 0 unspecified atom stereocenters. The van der Waals surface area contributed by atoms with E-state index in [1.165, 1.54) is 5.56 Å². The van der Waals surface area contributed by atoms with Gasteiger partial charge in [0, 0.05) is 34.3 Å². The van der Waals surface area contributed by atoms with Gasteiger partial charge in [-0.3, -0.25) is 4.79 Å². The molecule has 4 aromatic rings. The van der Waals surface area contributed by atoms with Crippen LogP contribution in [0.15, 0.2) is 66.7 Å². The number of rotatable bonds is 5. The lowest BCUT2D eigenvalue weighted by atomic mass is 10.1. The van der Waals surface area contributed by atoms with Crippen LogP contribution in [-0.2, 0) is 6.42 Å². The van der Waals surface area contributed by atoms with Crippen molar-refractivity contribution in [3.8, 4) is 11.5 Å². The first-order valence-electron chi connectivity index (χ1n) is 10.6. The van der Waals surface area contributed by atoms with Crippen LogP contribution >= 0.6 is 11.6 Å². The first-order chi connectivity index (χ1) is 16.1. The zero-order chi connectivity index (χ0) is 22.9. The number of aromatic nitrogens is 1. The van der Waals surface area contributed by atoms with Crippen LogP contribution in [0.25, 0.3) is 10.9 Å². The van der Waals surface area contributed by atoms with Gasteiger partial charge in [0.25, 0.3) is 5.91 Å². The van der Waals surface area contributed by atoms with Gasteiger partial charge in [0.05, 0.1) is 25.4 Å². The van der Waals surface area contributed by atoms with E-state index < -0.39 is 0 Å². The van der Waals surface area contributed by atoms with E-state index in [4.69, 9.17) is 26.1 Å². The number of carbonyl (C=O) groups is 1. The first kappa shape index (κ1) is 21.1. The van der Waals surface area contributed by atoms with Gasteiger partial charge in [0.2, 0.25) is 0 Å². The Morgan fingerprint density at radius 1 is 1.00 bits per heavy atom. The number of methoxy groups -OCH3 is 2. The topological polar surface area (TPSA) is 63.7 Å². The van der Waals surface area contributed by atoms with Crippen molar-refractivity contribution in [2.75, 3.05) is 31.0 Å². The highest BCUT2D eigenvalue weighted by Crippen LogP contribution is 2.36. The lowest BCUT2D eigenvalue weighted by Gasteiger charge is -2.19. The van der Waals surface area contributed by atoms with Crippen LogP contribution < -0.4 is 19.7 Å². The minimum Gasteiger partial charge on any atom is -0.497 e. The SMILES string of the molecule is COc1ccc2cc3c(nc2c1)N(c1ccc(C(=O)Nc2cc(Cl)ccc2OC)cc1)CC3. The molecule has 0 spiro atoms. The van der Waals surface area contributed by atoms with Gasteiger partial charge in [0.15, 0.2) is 0 Å². The van der Waals surface area contributed by atoms with Crippen molar-refractivity contribution < 1.29 is 14.3 Å². The highest BCUT2D eigenvalue weighted by Gasteiger charge is 2.23. The quantitative estimate of drug-likeness (QED) is 0.405. The summed E-state index contributed by atoms with van der Waals surface area (Å²) in [5.74, 6) is 2.04. The van der Waals surface area contributed by atoms with Gasteiger partial charge in [-0.2, -0.15) is 0 Å². The van der Waals surface area contributed by atoms with E-state index in [-0.39, 0.29) is 5.91 Å². The highest BCUT2D eigenvalue weighted by atomic mass is 35.5. The van der Waals surface area contributed by atoms with Crippen LogP contribution in [0.3, 0.4) is 0 Å². The minimum absolute atomic E-state index is 0.236. The minimum atomic E-state index is -0.236. The molecule has 2 heterocycles. The monoisotopic (exact) mass is 459 g/mol. The third-order valence-electron chi connectivity index (χ3n) is 5.79. The number of pyridine rings is 1. The maximum atomic E-state index is 12.8. The van der Waals surface area contributed by atoms with Crippen molar-refractivity contribution in [3.05, 3.63) is 82.9 Å². The van der Waals surface area contributed by atoms with Gasteiger partial charge in [-0.05, 0) is 72.6 Å².